The molecule has 0 amide bonds. The number of ether oxygens (including phenoxy) is 3. The minimum Gasteiger partial charge on any atom is -0.496 e. The minimum atomic E-state index is -0.122. The summed E-state index contributed by atoms with van der Waals surface area (Å²) in [4.78, 5) is 18.3. The molecule has 0 saturated heterocycles. The van der Waals surface area contributed by atoms with Crippen molar-refractivity contribution in [2.45, 2.75) is 13.8 Å². The van der Waals surface area contributed by atoms with Gasteiger partial charge in [0.2, 0.25) is 0 Å². The summed E-state index contributed by atoms with van der Waals surface area (Å²) >= 11 is 0. The first-order valence-electron chi connectivity index (χ1n) is 10.5. The van der Waals surface area contributed by atoms with Crippen molar-refractivity contribution in [3.8, 4) is 22.9 Å². The summed E-state index contributed by atoms with van der Waals surface area (Å²) in [6.07, 6.45) is 3.67. The third-order valence-electron chi connectivity index (χ3n) is 5.70. The predicted octanol–water partition coefficient (Wildman–Crippen LogP) is 5.20. The van der Waals surface area contributed by atoms with Gasteiger partial charge >= 0.3 is 0 Å². The van der Waals surface area contributed by atoms with E-state index in [9.17, 15) is 4.79 Å². The number of rotatable bonds is 6. The van der Waals surface area contributed by atoms with Crippen LogP contribution in [0.3, 0.4) is 0 Å². The zero-order valence-electron chi connectivity index (χ0n) is 19.4. The van der Waals surface area contributed by atoms with E-state index in [-0.39, 0.29) is 5.56 Å². The Labute approximate surface area is 192 Å². The van der Waals surface area contributed by atoms with Gasteiger partial charge in [-0.3, -0.25) is 9.36 Å². The monoisotopic (exact) mass is 442 g/mol. The third kappa shape index (κ3) is 4.20. The Morgan fingerprint density at radius 2 is 1.48 bits per heavy atom. The van der Waals surface area contributed by atoms with Crippen LogP contribution >= 0.6 is 0 Å². The van der Waals surface area contributed by atoms with Crippen molar-refractivity contribution in [2.75, 3.05) is 21.3 Å². The summed E-state index contributed by atoms with van der Waals surface area (Å²) < 4.78 is 18.0. The van der Waals surface area contributed by atoms with E-state index in [1.165, 1.54) is 0 Å². The molecule has 0 aliphatic carbocycles. The molecule has 1 aromatic heterocycles. The third-order valence-corrected chi connectivity index (χ3v) is 5.70. The first-order valence-corrected chi connectivity index (χ1v) is 10.5. The van der Waals surface area contributed by atoms with Crippen molar-refractivity contribution < 1.29 is 14.2 Å². The molecular weight excluding hydrogens is 416 g/mol. The summed E-state index contributed by atoms with van der Waals surface area (Å²) in [7, 11) is 4.76. The van der Waals surface area contributed by atoms with Crippen LogP contribution in [0.15, 0.2) is 59.4 Å². The molecule has 4 rings (SSSR count). The average Bonchev–Trinajstić information content (AvgIpc) is 2.84. The summed E-state index contributed by atoms with van der Waals surface area (Å²) in [6, 6.07) is 16.9. The molecule has 0 bridgehead atoms. The highest BCUT2D eigenvalue weighted by atomic mass is 16.5. The number of benzene rings is 3. The zero-order valence-corrected chi connectivity index (χ0v) is 19.4. The fraction of sp³-hybridized carbons (Fsp3) is 0.185. The van der Waals surface area contributed by atoms with Crippen LogP contribution in [0.4, 0.5) is 0 Å². The van der Waals surface area contributed by atoms with E-state index >= 15 is 0 Å². The van der Waals surface area contributed by atoms with Crippen LogP contribution in [0.5, 0.6) is 17.2 Å². The standard InChI is InChI=1S/C27H26N2O4/c1-17-10-12-20(14-18(17)2)29-26(28-22-9-7-6-8-21(22)27(29)30)13-11-19-15-24(32-4)25(33-5)16-23(19)31-3/h6-16H,1-5H3/b13-11+. The lowest BCUT2D eigenvalue weighted by molar-refractivity contribution is 0.348. The van der Waals surface area contributed by atoms with Gasteiger partial charge in [0, 0.05) is 11.6 Å². The van der Waals surface area contributed by atoms with E-state index in [1.54, 1.807) is 38.0 Å². The topological polar surface area (TPSA) is 62.6 Å². The smallest absolute Gasteiger partial charge is 0.266 e. The molecule has 0 unspecified atom stereocenters. The van der Waals surface area contributed by atoms with Gasteiger partial charge in [0.15, 0.2) is 11.5 Å². The molecule has 6 heteroatoms. The largest absolute Gasteiger partial charge is 0.496 e. The highest BCUT2D eigenvalue weighted by molar-refractivity contribution is 5.80. The number of aromatic nitrogens is 2. The molecule has 6 nitrogen and oxygen atoms in total. The zero-order chi connectivity index (χ0) is 23.5. The van der Waals surface area contributed by atoms with Gasteiger partial charge in [-0.25, -0.2) is 4.98 Å². The Hall–Kier alpha value is -4.06. The first-order chi connectivity index (χ1) is 16.0. The number of hydrogen-bond acceptors (Lipinski definition) is 5. The second-order valence-corrected chi connectivity index (χ2v) is 7.68. The maximum absolute atomic E-state index is 13.5. The van der Waals surface area contributed by atoms with Gasteiger partial charge in [-0.05, 0) is 67.5 Å². The van der Waals surface area contributed by atoms with Crippen LogP contribution in [0.2, 0.25) is 0 Å². The number of nitrogens with zero attached hydrogens (tertiary/aromatic N) is 2. The van der Waals surface area contributed by atoms with Crippen molar-refractivity contribution in [3.05, 3.63) is 87.5 Å². The lowest BCUT2D eigenvalue weighted by Crippen LogP contribution is -2.22. The Bertz CT molecular complexity index is 1420. The van der Waals surface area contributed by atoms with E-state index < -0.39 is 0 Å². The molecule has 0 spiro atoms. The second-order valence-electron chi connectivity index (χ2n) is 7.68. The number of methoxy groups -OCH3 is 3. The van der Waals surface area contributed by atoms with Crippen LogP contribution in [-0.2, 0) is 0 Å². The molecule has 0 aliphatic heterocycles. The molecule has 0 fully saturated rings. The predicted molar refractivity (Wildman–Crippen MR) is 132 cm³/mol. The highest BCUT2D eigenvalue weighted by Gasteiger charge is 2.13. The van der Waals surface area contributed by atoms with Gasteiger partial charge in [0.1, 0.15) is 11.6 Å². The minimum absolute atomic E-state index is 0.122. The quantitative estimate of drug-likeness (QED) is 0.411. The van der Waals surface area contributed by atoms with Gasteiger partial charge in [-0.2, -0.15) is 0 Å². The van der Waals surface area contributed by atoms with Gasteiger partial charge in [0.05, 0.1) is 37.9 Å². The van der Waals surface area contributed by atoms with Crippen LogP contribution in [0.1, 0.15) is 22.5 Å². The molecule has 4 aromatic rings. The molecule has 3 aromatic carbocycles. The number of hydrogen-bond donors (Lipinski definition) is 0. The molecule has 1 heterocycles. The molecule has 0 radical (unpaired) electrons. The van der Waals surface area contributed by atoms with E-state index in [0.717, 1.165) is 22.4 Å². The molecule has 0 aliphatic rings. The van der Waals surface area contributed by atoms with Crippen LogP contribution in [0.25, 0.3) is 28.7 Å². The van der Waals surface area contributed by atoms with Crippen LogP contribution in [0, 0.1) is 13.8 Å². The summed E-state index contributed by atoms with van der Waals surface area (Å²) in [5.74, 6) is 2.28. The molecule has 0 saturated carbocycles. The fourth-order valence-corrected chi connectivity index (χ4v) is 3.72. The highest BCUT2D eigenvalue weighted by Crippen LogP contribution is 2.35. The lowest BCUT2D eigenvalue weighted by Gasteiger charge is -2.14. The average molecular weight is 443 g/mol. The lowest BCUT2D eigenvalue weighted by atomic mass is 10.1. The van der Waals surface area contributed by atoms with Crippen molar-refractivity contribution in [3.63, 3.8) is 0 Å². The normalized spacial score (nSPS) is 11.2. The van der Waals surface area contributed by atoms with Gasteiger partial charge in [-0.1, -0.05) is 18.2 Å². The van der Waals surface area contributed by atoms with Crippen molar-refractivity contribution in [1.29, 1.82) is 0 Å². The van der Waals surface area contributed by atoms with Gasteiger partial charge in [-0.15, -0.1) is 0 Å². The van der Waals surface area contributed by atoms with Crippen LogP contribution in [-0.4, -0.2) is 30.9 Å². The number of para-hydroxylation sites is 1. The first kappa shape index (κ1) is 22.1. The van der Waals surface area contributed by atoms with Crippen molar-refractivity contribution in [2.24, 2.45) is 0 Å². The van der Waals surface area contributed by atoms with Crippen LogP contribution < -0.4 is 19.8 Å². The molecular formula is C27H26N2O4. The van der Waals surface area contributed by atoms with E-state index in [2.05, 4.69) is 0 Å². The summed E-state index contributed by atoms with van der Waals surface area (Å²) in [6.45, 7) is 4.08. The van der Waals surface area contributed by atoms with E-state index in [0.29, 0.717) is 34.0 Å². The van der Waals surface area contributed by atoms with Crippen molar-refractivity contribution in [1.82, 2.24) is 9.55 Å². The fourth-order valence-electron chi connectivity index (χ4n) is 3.72. The van der Waals surface area contributed by atoms with E-state index in [1.807, 2.05) is 68.5 Å². The number of aryl methyl sites for hydroxylation is 2. The van der Waals surface area contributed by atoms with Gasteiger partial charge < -0.3 is 14.2 Å². The Balaban J connectivity index is 1.93. The van der Waals surface area contributed by atoms with Crippen molar-refractivity contribution >= 4 is 23.1 Å². The van der Waals surface area contributed by atoms with Gasteiger partial charge in [0.25, 0.3) is 5.56 Å². The Morgan fingerprint density at radius 1 is 0.788 bits per heavy atom. The Kier molecular flexibility index (Phi) is 6.18. The maximum Gasteiger partial charge on any atom is 0.266 e. The number of fused-ring (bicyclic) bond motifs is 1. The second kappa shape index (κ2) is 9.20. The Morgan fingerprint density at radius 3 is 2.18 bits per heavy atom. The summed E-state index contributed by atoms with van der Waals surface area (Å²) in [5.41, 5.74) is 4.31. The molecule has 168 valence electrons. The SMILES string of the molecule is COc1cc(OC)c(OC)cc1/C=C/c1nc2ccccc2c(=O)n1-c1ccc(C)c(C)c1. The maximum atomic E-state index is 13.5. The molecule has 0 atom stereocenters. The van der Waals surface area contributed by atoms with E-state index in [4.69, 9.17) is 19.2 Å². The molecule has 33 heavy (non-hydrogen) atoms. The summed E-state index contributed by atoms with van der Waals surface area (Å²) in [5, 5.41) is 0.566. The molecule has 0 N–H and O–H groups in total.